The van der Waals surface area contributed by atoms with Gasteiger partial charge in [0, 0.05) is 37.0 Å². The lowest BCUT2D eigenvalue weighted by Gasteiger charge is -2.20. The van der Waals surface area contributed by atoms with E-state index in [0.717, 1.165) is 25.9 Å². The van der Waals surface area contributed by atoms with Crippen molar-refractivity contribution in [2.24, 2.45) is 0 Å². The molecule has 0 aromatic heterocycles. The number of esters is 1. The van der Waals surface area contributed by atoms with Crippen LogP contribution in [0.2, 0.25) is 0 Å². The summed E-state index contributed by atoms with van der Waals surface area (Å²) < 4.78 is 16.1. The highest BCUT2D eigenvalue weighted by Gasteiger charge is 2.24. The van der Waals surface area contributed by atoms with Crippen LogP contribution in [-0.4, -0.2) is 49.7 Å². The zero-order valence-corrected chi connectivity index (χ0v) is 16.7. The largest absolute Gasteiger partial charge is 0.486 e. The Labute approximate surface area is 177 Å². The molecule has 0 radical (unpaired) electrons. The number of hydrogen-bond acceptors (Lipinski definition) is 8. The Morgan fingerprint density at radius 1 is 1.06 bits per heavy atom. The Morgan fingerprint density at radius 2 is 1.81 bits per heavy atom. The number of nitrogens with zero attached hydrogens (tertiary/aromatic N) is 2. The molecule has 0 saturated carbocycles. The van der Waals surface area contributed by atoms with Gasteiger partial charge in [-0.1, -0.05) is 0 Å². The topological polar surface area (TPSA) is 120 Å². The van der Waals surface area contributed by atoms with Crippen molar-refractivity contribution in [3.05, 3.63) is 52.1 Å². The summed E-state index contributed by atoms with van der Waals surface area (Å²) in [7, 11) is 0. The minimum absolute atomic E-state index is 0.0724. The molecule has 2 aromatic carbocycles. The monoisotopic (exact) mass is 427 g/mol. The first-order valence-electron chi connectivity index (χ1n) is 9.91. The molecule has 0 spiro atoms. The molecular weight excluding hydrogens is 406 g/mol. The summed E-state index contributed by atoms with van der Waals surface area (Å²) in [5, 5.41) is 13.8. The van der Waals surface area contributed by atoms with Crippen LogP contribution in [0.15, 0.2) is 36.4 Å². The lowest BCUT2D eigenvalue weighted by molar-refractivity contribution is -0.384. The molecule has 2 heterocycles. The molecule has 0 bridgehead atoms. The predicted octanol–water partition coefficient (Wildman–Crippen LogP) is 2.76. The van der Waals surface area contributed by atoms with Gasteiger partial charge in [-0.05, 0) is 31.0 Å². The van der Waals surface area contributed by atoms with E-state index in [1.54, 1.807) is 24.3 Å². The molecule has 10 nitrogen and oxygen atoms in total. The summed E-state index contributed by atoms with van der Waals surface area (Å²) in [5.74, 6) is -0.218. The van der Waals surface area contributed by atoms with Crippen molar-refractivity contribution in [2.45, 2.75) is 12.8 Å². The lowest BCUT2D eigenvalue weighted by atomic mass is 10.1. The molecule has 4 rings (SSSR count). The number of non-ortho nitro benzene ring substituents is 1. The summed E-state index contributed by atoms with van der Waals surface area (Å²) in [6.45, 7) is 1.86. The quantitative estimate of drug-likeness (QED) is 0.424. The van der Waals surface area contributed by atoms with Gasteiger partial charge in [-0.3, -0.25) is 14.9 Å². The normalized spacial score (nSPS) is 14.8. The Hall–Kier alpha value is -3.82. The number of carbonyl (C=O) groups excluding carboxylic acids is 2. The molecule has 1 amide bonds. The number of rotatable bonds is 6. The SMILES string of the molecule is O=C(COC(=O)c1cc([N+](=O)[O-])ccc1N1CCCC1)Nc1ccc2c(c1)OCCO2. The fourth-order valence-corrected chi connectivity index (χ4v) is 3.56. The number of ether oxygens (including phenoxy) is 3. The van der Waals surface area contributed by atoms with Crippen LogP contribution in [0.3, 0.4) is 0 Å². The molecule has 1 saturated heterocycles. The van der Waals surface area contributed by atoms with E-state index in [4.69, 9.17) is 14.2 Å². The molecule has 2 aromatic rings. The highest BCUT2D eigenvalue weighted by atomic mass is 16.6. The number of benzene rings is 2. The van der Waals surface area contributed by atoms with Crippen molar-refractivity contribution >= 4 is 28.9 Å². The second-order valence-electron chi connectivity index (χ2n) is 7.14. The van der Waals surface area contributed by atoms with E-state index < -0.39 is 23.4 Å². The highest BCUT2D eigenvalue weighted by molar-refractivity contribution is 5.99. The molecule has 1 N–H and O–H groups in total. The zero-order chi connectivity index (χ0) is 21.8. The van der Waals surface area contributed by atoms with Gasteiger partial charge < -0.3 is 24.4 Å². The van der Waals surface area contributed by atoms with Crippen LogP contribution in [-0.2, 0) is 9.53 Å². The Bertz CT molecular complexity index is 1020. The van der Waals surface area contributed by atoms with E-state index in [0.29, 0.717) is 36.1 Å². The van der Waals surface area contributed by atoms with Gasteiger partial charge in [0.05, 0.1) is 16.2 Å². The minimum Gasteiger partial charge on any atom is -0.486 e. The third-order valence-corrected chi connectivity index (χ3v) is 5.02. The molecule has 0 aliphatic carbocycles. The Kier molecular flexibility index (Phi) is 5.87. The zero-order valence-electron chi connectivity index (χ0n) is 16.7. The molecule has 2 aliphatic heterocycles. The number of hydrogen-bond donors (Lipinski definition) is 1. The molecule has 2 aliphatic rings. The number of fused-ring (bicyclic) bond motifs is 1. The van der Waals surface area contributed by atoms with Crippen LogP contribution < -0.4 is 19.7 Å². The van der Waals surface area contributed by atoms with E-state index in [9.17, 15) is 19.7 Å². The van der Waals surface area contributed by atoms with Crippen LogP contribution in [0.5, 0.6) is 11.5 Å². The van der Waals surface area contributed by atoms with E-state index in [1.807, 2.05) is 4.90 Å². The number of amides is 1. The van der Waals surface area contributed by atoms with Crippen molar-refractivity contribution in [2.75, 3.05) is 43.1 Å². The Morgan fingerprint density at radius 3 is 2.55 bits per heavy atom. The molecular formula is C21H21N3O7. The number of anilines is 2. The van der Waals surface area contributed by atoms with Crippen LogP contribution >= 0.6 is 0 Å². The van der Waals surface area contributed by atoms with Crippen molar-refractivity contribution in [1.29, 1.82) is 0 Å². The smallest absolute Gasteiger partial charge is 0.341 e. The van der Waals surface area contributed by atoms with E-state index in [2.05, 4.69) is 5.32 Å². The van der Waals surface area contributed by atoms with E-state index >= 15 is 0 Å². The van der Waals surface area contributed by atoms with Crippen LogP contribution in [0.4, 0.5) is 17.1 Å². The summed E-state index contributed by atoms with van der Waals surface area (Å²) in [5.41, 5.74) is 0.901. The molecule has 10 heteroatoms. The minimum atomic E-state index is -0.789. The van der Waals surface area contributed by atoms with Crippen LogP contribution in [0.1, 0.15) is 23.2 Å². The maximum Gasteiger partial charge on any atom is 0.341 e. The van der Waals surface area contributed by atoms with Crippen LogP contribution in [0.25, 0.3) is 0 Å². The first-order chi connectivity index (χ1) is 15.0. The van der Waals surface area contributed by atoms with Gasteiger partial charge in [-0.2, -0.15) is 0 Å². The molecule has 162 valence electrons. The van der Waals surface area contributed by atoms with Crippen molar-refractivity contribution in [1.82, 2.24) is 0 Å². The number of nitro groups is 1. The summed E-state index contributed by atoms with van der Waals surface area (Å²) in [6.07, 6.45) is 1.95. The van der Waals surface area contributed by atoms with Crippen molar-refractivity contribution in [3.63, 3.8) is 0 Å². The summed E-state index contributed by atoms with van der Waals surface area (Å²) in [4.78, 5) is 37.5. The van der Waals surface area contributed by atoms with Gasteiger partial charge in [0.1, 0.15) is 13.2 Å². The summed E-state index contributed by atoms with van der Waals surface area (Å²) >= 11 is 0. The fraction of sp³-hybridized carbons (Fsp3) is 0.333. The van der Waals surface area contributed by atoms with Gasteiger partial charge in [0.15, 0.2) is 18.1 Å². The van der Waals surface area contributed by atoms with Crippen LogP contribution in [0, 0.1) is 10.1 Å². The van der Waals surface area contributed by atoms with E-state index in [1.165, 1.54) is 12.1 Å². The second-order valence-corrected chi connectivity index (χ2v) is 7.14. The number of nitrogens with one attached hydrogen (secondary N) is 1. The van der Waals surface area contributed by atoms with Crippen molar-refractivity contribution < 1.29 is 28.7 Å². The molecule has 0 unspecified atom stereocenters. The second kappa shape index (κ2) is 8.90. The van der Waals surface area contributed by atoms with Gasteiger partial charge in [0.2, 0.25) is 0 Å². The van der Waals surface area contributed by atoms with Gasteiger partial charge in [-0.25, -0.2) is 4.79 Å². The number of nitro benzene ring substituents is 1. The molecule has 31 heavy (non-hydrogen) atoms. The van der Waals surface area contributed by atoms with Gasteiger partial charge in [0.25, 0.3) is 11.6 Å². The third-order valence-electron chi connectivity index (χ3n) is 5.02. The van der Waals surface area contributed by atoms with E-state index in [-0.39, 0.29) is 11.3 Å². The predicted molar refractivity (Wildman–Crippen MR) is 111 cm³/mol. The average Bonchev–Trinajstić information content (AvgIpc) is 3.31. The first kappa shape index (κ1) is 20.5. The fourth-order valence-electron chi connectivity index (χ4n) is 3.56. The summed E-state index contributed by atoms with van der Waals surface area (Å²) in [6, 6.07) is 9.06. The van der Waals surface area contributed by atoms with Gasteiger partial charge >= 0.3 is 5.97 Å². The van der Waals surface area contributed by atoms with Crippen molar-refractivity contribution in [3.8, 4) is 11.5 Å². The maximum atomic E-state index is 12.7. The highest BCUT2D eigenvalue weighted by Crippen LogP contribution is 2.32. The number of carbonyl (C=O) groups is 2. The van der Waals surface area contributed by atoms with Gasteiger partial charge in [-0.15, -0.1) is 0 Å². The molecule has 1 fully saturated rings. The maximum absolute atomic E-state index is 12.7. The Balaban J connectivity index is 1.42. The standard InChI is InChI=1S/C21H21N3O7/c25-20(22-14-3-6-18-19(11-14)30-10-9-29-18)13-31-21(26)16-12-15(24(27)28)4-5-17(16)23-7-1-2-8-23/h3-6,11-12H,1-2,7-10,13H2,(H,22,25). The average molecular weight is 427 g/mol. The lowest BCUT2D eigenvalue weighted by Crippen LogP contribution is -2.24. The third kappa shape index (κ3) is 4.68. The first-order valence-corrected chi connectivity index (χ1v) is 9.91. The molecule has 0 atom stereocenters.